The number of likely N-dealkylation sites (tertiary alicyclic amines) is 2. The van der Waals surface area contributed by atoms with Crippen LogP contribution in [-0.2, 0) is 11.2 Å². The summed E-state index contributed by atoms with van der Waals surface area (Å²) in [6.45, 7) is 3.25. The Morgan fingerprint density at radius 2 is 1.94 bits per heavy atom. The minimum absolute atomic E-state index is 0.205. The molecule has 3 heterocycles. The minimum atomic E-state index is -0.524. The molecule has 1 aromatic heterocycles. The standard InChI is InChI=1S/C26H35FN4O/c1-29(2)24-17-20(10-13-28-24)22-8-6-14-31(19-22)25(32)26(11-15-30(3)16-12-26)18-21-7-4-5-9-23(21)27/h4-5,7,9-10,13,17,22H,6,8,11-12,14-16,18-19H2,1-3H3/t22-/m1/s1. The van der Waals surface area contributed by atoms with E-state index in [1.807, 2.05) is 37.3 Å². The molecule has 2 aliphatic rings. The SMILES string of the molecule is CN1CCC(Cc2ccccc2F)(C(=O)N2CCC[C@@H](c3ccnc(N(C)C)c3)C2)CC1. The van der Waals surface area contributed by atoms with Crippen LogP contribution in [0.15, 0.2) is 42.6 Å². The van der Waals surface area contributed by atoms with Crippen LogP contribution in [0.25, 0.3) is 0 Å². The average Bonchev–Trinajstić information content (AvgIpc) is 2.82. The van der Waals surface area contributed by atoms with Gasteiger partial charge in [-0.1, -0.05) is 18.2 Å². The summed E-state index contributed by atoms with van der Waals surface area (Å²) in [5.41, 5.74) is 1.38. The fraction of sp³-hybridized carbons (Fsp3) is 0.538. The molecule has 2 fully saturated rings. The van der Waals surface area contributed by atoms with Crippen molar-refractivity contribution in [3.05, 3.63) is 59.5 Å². The number of carbonyl (C=O) groups is 1. The molecular weight excluding hydrogens is 403 g/mol. The number of amides is 1. The van der Waals surface area contributed by atoms with E-state index in [4.69, 9.17) is 0 Å². The number of pyridine rings is 1. The van der Waals surface area contributed by atoms with Crippen LogP contribution in [0.3, 0.4) is 0 Å². The van der Waals surface area contributed by atoms with Gasteiger partial charge in [0.2, 0.25) is 5.91 Å². The smallest absolute Gasteiger partial charge is 0.229 e. The van der Waals surface area contributed by atoms with Crippen molar-refractivity contribution in [2.45, 2.75) is 38.0 Å². The maximum absolute atomic E-state index is 14.5. The molecule has 1 amide bonds. The number of carbonyl (C=O) groups excluding carboxylic acids is 1. The highest BCUT2D eigenvalue weighted by Gasteiger charge is 2.44. The van der Waals surface area contributed by atoms with Gasteiger partial charge in [-0.2, -0.15) is 0 Å². The van der Waals surface area contributed by atoms with Crippen LogP contribution < -0.4 is 4.90 Å². The van der Waals surface area contributed by atoms with Crippen LogP contribution in [0.2, 0.25) is 0 Å². The first-order valence-corrected chi connectivity index (χ1v) is 11.7. The molecule has 1 atom stereocenters. The summed E-state index contributed by atoms with van der Waals surface area (Å²) in [5, 5.41) is 0. The van der Waals surface area contributed by atoms with Gasteiger partial charge in [-0.05, 0) is 81.6 Å². The fourth-order valence-electron chi connectivity index (χ4n) is 5.22. The third-order valence-electron chi connectivity index (χ3n) is 7.29. The lowest BCUT2D eigenvalue weighted by atomic mass is 9.72. The number of anilines is 1. The molecule has 0 unspecified atom stereocenters. The fourth-order valence-corrected chi connectivity index (χ4v) is 5.22. The molecule has 1 aromatic carbocycles. The van der Waals surface area contributed by atoms with Gasteiger partial charge in [-0.25, -0.2) is 9.37 Å². The molecule has 0 saturated carbocycles. The molecule has 172 valence electrons. The second kappa shape index (κ2) is 9.57. The number of aromatic nitrogens is 1. The molecule has 0 radical (unpaired) electrons. The molecule has 2 saturated heterocycles. The lowest BCUT2D eigenvalue weighted by molar-refractivity contribution is -0.146. The van der Waals surface area contributed by atoms with E-state index in [2.05, 4.69) is 34.0 Å². The van der Waals surface area contributed by atoms with E-state index in [9.17, 15) is 9.18 Å². The van der Waals surface area contributed by atoms with Crippen LogP contribution >= 0.6 is 0 Å². The molecule has 0 spiro atoms. The van der Waals surface area contributed by atoms with Crippen molar-refractivity contribution in [1.82, 2.24) is 14.8 Å². The van der Waals surface area contributed by atoms with Gasteiger partial charge in [0.25, 0.3) is 0 Å². The second-order valence-corrected chi connectivity index (χ2v) is 9.78. The van der Waals surface area contributed by atoms with Gasteiger partial charge in [-0.3, -0.25) is 4.79 Å². The summed E-state index contributed by atoms with van der Waals surface area (Å²) in [6.07, 6.45) is 5.96. The van der Waals surface area contributed by atoms with Crippen LogP contribution in [0.1, 0.15) is 42.7 Å². The highest BCUT2D eigenvalue weighted by atomic mass is 19.1. The van der Waals surface area contributed by atoms with Crippen molar-refractivity contribution in [1.29, 1.82) is 0 Å². The van der Waals surface area contributed by atoms with Crippen LogP contribution in [0.4, 0.5) is 10.2 Å². The summed E-state index contributed by atoms with van der Waals surface area (Å²) >= 11 is 0. The van der Waals surface area contributed by atoms with Gasteiger partial charge in [0, 0.05) is 39.3 Å². The Hall–Kier alpha value is -2.47. The van der Waals surface area contributed by atoms with Crippen LogP contribution in [0.5, 0.6) is 0 Å². The Morgan fingerprint density at radius 3 is 2.66 bits per heavy atom. The Balaban J connectivity index is 1.56. The van der Waals surface area contributed by atoms with E-state index in [0.29, 0.717) is 17.9 Å². The van der Waals surface area contributed by atoms with E-state index < -0.39 is 5.41 Å². The monoisotopic (exact) mass is 438 g/mol. The van der Waals surface area contributed by atoms with Crippen LogP contribution in [0, 0.1) is 11.2 Å². The zero-order valence-electron chi connectivity index (χ0n) is 19.6. The Kier molecular flexibility index (Phi) is 6.79. The lowest BCUT2D eigenvalue weighted by Crippen LogP contribution is -2.52. The lowest BCUT2D eigenvalue weighted by Gasteiger charge is -2.44. The molecule has 6 heteroatoms. The summed E-state index contributed by atoms with van der Waals surface area (Å²) in [5.74, 6) is 1.26. The number of nitrogens with zero attached hydrogens (tertiary/aromatic N) is 4. The van der Waals surface area contributed by atoms with Crippen molar-refractivity contribution >= 4 is 11.7 Å². The van der Waals surface area contributed by atoms with E-state index in [0.717, 1.165) is 57.7 Å². The number of benzene rings is 1. The highest BCUT2D eigenvalue weighted by Crippen LogP contribution is 2.39. The molecule has 5 nitrogen and oxygen atoms in total. The Morgan fingerprint density at radius 1 is 1.19 bits per heavy atom. The zero-order valence-corrected chi connectivity index (χ0v) is 19.6. The predicted octanol–water partition coefficient (Wildman–Crippen LogP) is 3.95. The topological polar surface area (TPSA) is 39.7 Å². The first-order chi connectivity index (χ1) is 15.4. The van der Waals surface area contributed by atoms with Crippen molar-refractivity contribution in [3.8, 4) is 0 Å². The van der Waals surface area contributed by atoms with E-state index in [1.165, 1.54) is 11.6 Å². The van der Waals surface area contributed by atoms with E-state index >= 15 is 0 Å². The normalized spacial score (nSPS) is 21.4. The van der Waals surface area contributed by atoms with Crippen LogP contribution in [-0.4, -0.2) is 68.0 Å². The summed E-state index contributed by atoms with van der Waals surface area (Å²) in [7, 11) is 6.09. The first-order valence-electron chi connectivity index (χ1n) is 11.7. The zero-order chi connectivity index (χ0) is 22.7. The number of piperidine rings is 2. The van der Waals surface area contributed by atoms with Crippen molar-refractivity contribution in [2.24, 2.45) is 5.41 Å². The maximum atomic E-state index is 14.5. The number of hydrogen-bond acceptors (Lipinski definition) is 4. The molecule has 0 N–H and O–H groups in total. The third kappa shape index (κ3) is 4.80. The van der Waals surface area contributed by atoms with Gasteiger partial charge >= 0.3 is 0 Å². The maximum Gasteiger partial charge on any atom is 0.229 e. The molecule has 2 aliphatic heterocycles. The Bertz CT molecular complexity index is 939. The summed E-state index contributed by atoms with van der Waals surface area (Å²) < 4.78 is 14.5. The third-order valence-corrected chi connectivity index (χ3v) is 7.29. The first kappa shape index (κ1) is 22.7. The van der Waals surface area contributed by atoms with Crippen molar-refractivity contribution in [2.75, 3.05) is 52.2 Å². The van der Waals surface area contributed by atoms with Gasteiger partial charge in [0.1, 0.15) is 11.6 Å². The average molecular weight is 439 g/mol. The Labute approximate surface area is 191 Å². The largest absolute Gasteiger partial charge is 0.363 e. The number of rotatable bonds is 5. The molecule has 32 heavy (non-hydrogen) atoms. The van der Waals surface area contributed by atoms with Gasteiger partial charge in [0.05, 0.1) is 5.41 Å². The second-order valence-electron chi connectivity index (χ2n) is 9.78. The number of halogens is 1. The summed E-state index contributed by atoms with van der Waals surface area (Å²) in [4.78, 5) is 24.8. The van der Waals surface area contributed by atoms with Crippen molar-refractivity contribution in [3.63, 3.8) is 0 Å². The molecule has 0 aliphatic carbocycles. The van der Waals surface area contributed by atoms with Gasteiger partial charge in [-0.15, -0.1) is 0 Å². The molecule has 2 aromatic rings. The molecule has 4 rings (SSSR count). The quantitative estimate of drug-likeness (QED) is 0.709. The van der Waals surface area contributed by atoms with Crippen molar-refractivity contribution < 1.29 is 9.18 Å². The highest BCUT2D eigenvalue weighted by molar-refractivity contribution is 5.83. The minimum Gasteiger partial charge on any atom is -0.363 e. The van der Waals surface area contributed by atoms with Gasteiger partial charge in [0.15, 0.2) is 0 Å². The molecule has 0 bridgehead atoms. The molecular formula is C26H35FN4O. The predicted molar refractivity (Wildman–Crippen MR) is 126 cm³/mol. The van der Waals surface area contributed by atoms with E-state index in [1.54, 1.807) is 6.07 Å². The van der Waals surface area contributed by atoms with E-state index in [-0.39, 0.29) is 11.7 Å². The number of hydrogen-bond donors (Lipinski definition) is 0. The summed E-state index contributed by atoms with van der Waals surface area (Å²) in [6, 6.07) is 11.1. The van der Waals surface area contributed by atoms with Gasteiger partial charge < -0.3 is 14.7 Å².